The van der Waals surface area contributed by atoms with Crippen molar-refractivity contribution in [2.45, 2.75) is 19.9 Å². The van der Waals surface area contributed by atoms with Crippen molar-refractivity contribution in [3.8, 4) is 11.1 Å². The third-order valence-electron chi connectivity index (χ3n) is 5.00. The third kappa shape index (κ3) is 4.49. The molecule has 152 valence electrons. The predicted octanol–water partition coefficient (Wildman–Crippen LogP) is 3.90. The molecule has 1 heterocycles. The van der Waals surface area contributed by atoms with E-state index >= 15 is 0 Å². The highest BCUT2D eigenvalue weighted by Gasteiger charge is 2.35. The molecule has 3 rings (SSSR count). The molecule has 6 nitrogen and oxygen atoms in total. The van der Waals surface area contributed by atoms with Crippen molar-refractivity contribution in [2.75, 3.05) is 26.9 Å². The first-order chi connectivity index (χ1) is 14.1. The monoisotopic (exact) mass is 394 g/mol. The maximum Gasteiger partial charge on any atom is 0.338 e. The summed E-state index contributed by atoms with van der Waals surface area (Å²) in [4.78, 5) is 26.9. The molecule has 29 heavy (non-hydrogen) atoms. The zero-order chi connectivity index (χ0) is 20.8. The maximum atomic E-state index is 12.8. The highest BCUT2D eigenvalue weighted by molar-refractivity contribution is 5.95. The Morgan fingerprint density at radius 1 is 1.03 bits per heavy atom. The molecule has 0 bridgehead atoms. The molecule has 1 N–H and O–H groups in total. The Bertz CT molecular complexity index is 891. The Morgan fingerprint density at radius 3 is 2.31 bits per heavy atom. The van der Waals surface area contributed by atoms with Crippen LogP contribution in [-0.4, -0.2) is 43.8 Å². The van der Waals surface area contributed by atoms with Crippen molar-refractivity contribution in [1.29, 1.82) is 0 Å². The second kappa shape index (κ2) is 9.39. The highest BCUT2D eigenvalue weighted by atomic mass is 16.6. The van der Waals surface area contributed by atoms with Crippen LogP contribution in [-0.2, 0) is 14.3 Å². The van der Waals surface area contributed by atoms with Crippen molar-refractivity contribution in [1.82, 2.24) is 10.2 Å². The smallest absolute Gasteiger partial charge is 0.338 e. The molecule has 0 saturated carbocycles. The van der Waals surface area contributed by atoms with E-state index in [1.807, 2.05) is 61.5 Å². The minimum Gasteiger partial charge on any atom is -0.460 e. The number of nitrogens with zero attached hydrogens (tertiary/aromatic N) is 1. The number of urea groups is 1. The number of hydrogen-bond donors (Lipinski definition) is 1. The number of allylic oxidation sites excluding steroid dienone is 1. The van der Waals surface area contributed by atoms with Crippen LogP contribution in [0.25, 0.3) is 11.1 Å². The second-order valence-electron chi connectivity index (χ2n) is 6.74. The van der Waals surface area contributed by atoms with E-state index in [-0.39, 0.29) is 12.6 Å². The van der Waals surface area contributed by atoms with Gasteiger partial charge in [0, 0.05) is 19.4 Å². The van der Waals surface area contributed by atoms with E-state index in [1.54, 1.807) is 18.9 Å². The first-order valence-corrected chi connectivity index (χ1v) is 9.67. The number of carbonyl (C=O) groups is 2. The van der Waals surface area contributed by atoms with E-state index < -0.39 is 12.0 Å². The van der Waals surface area contributed by atoms with Gasteiger partial charge in [-0.05, 0) is 30.5 Å². The van der Waals surface area contributed by atoms with E-state index in [0.717, 1.165) is 16.7 Å². The van der Waals surface area contributed by atoms with Crippen LogP contribution in [0, 0.1) is 0 Å². The lowest BCUT2D eigenvalue weighted by Gasteiger charge is -2.34. The molecule has 1 aliphatic heterocycles. The molecule has 2 amide bonds. The number of amides is 2. The molecule has 0 radical (unpaired) electrons. The Labute approximate surface area is 171 Å². The van der Waals surface area contributed by atoms with Crippen molar-refractivity contribution < 1.29 is 19.1 Å². The topological polar surface area (TPSA) is 67.9 Å². The van der Waals surface area contributed by atoms with Gasteiger partial charge in [-0.1, -0.05) is 54.6 Å². The summed E-state index contributed by atoms with van der Waals surface area (Å²) in [5, 5.41) is 2.94. The first-order valence-electron chi connectivity index (χ1n) is 9.67. The molecule has 6 heteroatoms. The van der Waals surface area contributed by atoms with Crippen LogP contribution >= 0.6 is 0 Å². The minimum absolute atomic E-state index is 0.159. The summed E-state index contributed by atoms with van der Waals surface area (Å²) in [6.45, 7) is 4.59. The standard InChI is InChI=1S/C23H26N2O4/c1-4-25-16(2)20(22(26)29-15-14-28-3)21(24-23(25)27)19-12-10-18(11-13-19)17-8-6-5-7-9-17/h5-13,21H,4,14-15H2,1-3H3,(H,24,27). The van der Waals surface area contributed by atoms with Gasteiger partial charge in [-0.2, -0.15) is 0 Å². The van der Waals surface area contributed by atoms with E-state index in [0.29, 0.717) is 24.4 Å². The fraction of sp³-hybridized carbons (Fsp3) is 0.304. The van der Waals surface area contributed by atoms with Crippen LogP contribution in [0.2, 0.25) is 0 Å². The van der Waals surface area contributed by atoms with E-state index in [2.05, 4.69) is 5.32 Å². The fourth-order valence-electron chi connectivity index (χ4n) is 3.47. The molecule has 0 fully saturated rings. The zero-order valence-electron chi connectivity index (χ0n) is 17.0. The van der Waals surface area contributed by atoms with E-state index in [9.17, 15) is 9.59 Å². The number of carbonyl (C=O) groups excluding carboxylic acids is 2. The molecule has 2 aromatic rings. The Kier molecular flexibility index (Phi) is 6.67. The van der Waals surface area contributed by atoms with Crippen molar-refractivity contribution >= 4 is 12.0 Å². The third-order valence-corrected chi connectivity index (χ3v) is 5.00. The fourth-order valence-corrected chi connectivity index (χ4v) is 3.47. The van der Waals surface area contributed by atoms with Crippen molar-refractivity contribution in [3.63, 3.8) is 0 Å². The summed E-state index contributed by atoms with van der Waals surface area (Å²) in [5.41, 5.74) is 4.05. The van der Waals surface area contributed by atoms with Gasteiger partial charge in [0.05, 0.1) is 18.2 Å². The van der Waals surface area contributed by atoms with Crippen LogP contribution in [0.5, 0.6) is 0 Å². The lowest BCUT2D eigenvalue weighted by molar-refractivity contribution is -0.140. The second-order valence-corrected chi connectivity index (χ2v) is 6.74. The first kappa shape index (κ1) is 20.6. The van der Waals surface area contributed by atoms with Gasteiger partial charge in [0.25, 0.3) is 0 Å². The van der Waals surface area contributed by atoms with Crippen LogP contribution < -0.4 is 5.32 Å². The largest absolute Gasteiger partial charge is 0.460 e. The summed E-state index contributed by atoms with van der Waals surface area (Å²) in [6.07, 6.45) is 0. The van der Waals surface area contributed by atoms with Gasteiger partial charge < -0.3 is 14.8 Å². The number of hydrogen-bond acceptors (Lipinski definition) is 4. The summed E-state index contributed by atoms with van der Waals surface area (Å²) in [7, 11) is 1.55. The van der Waals surface area contributed by atoms with Gasteiger partial charge in [-0.25, -0.2) is 9.59 Å². The minimum atomic E-state index is -0.565. The van der Waals surface area contributed by atoms with Crippen LogP contribution in [0.15, 0.2) is 65.9 Å². The molecule has 1 atom stereocenters. The number of methoxy groups -OCH3 is 1. The van der Waals surface area contributed by atoms with Gasteiger partial charge in [0.15, 0.2) is 0 Å². The van der Waals surface area contributed by atoms with E-state index in [4.69, 9.17) is 9.47 Å². The average molecular weight is 394 g/mol. The van der Waals surface area contributed by atoms with Crippen molar-refractivity contribution in [2.24, 2.45) is 0 Å². The lowest BCUT2D eigenvalue weighted by Crippen LogP contribution is -2.47. The molecule has 0 spiro atoms. The summed E-state index contributed by atoms with van der Waals surface area (Å²) < 4.78 is 10.3. The number of benzene rings is 2. The SMILES string of the molecule is CCN1C(=O)NC(c2ccc(-c3ccccc3)cc2)C(C(=O)OCCOC)=C1C. The maximum absolute atomic E-state index is 12.8. The van der Waals surface area contributed by atoms with Crippen LogP contribution in [0.3, 0.4) is 0 Å². The molecular formula is C23H26N2O4. The predicted molar refractivity (Wildman–Crippen MR) is 111 cm³/mol. The summed E-state index contributed by atoms with van der Waals surface area (Å²) in [6, 6.07) is 17.1. The van der Waals surface area contributed by atoms with E-state index in [1.165, 1.54) is 0 Å². The van der Waals surface area contributed by atoms with Crippen molar-refractivity contribution in [3.05, 3.63) is 71.4 Å². The molecule has 0 aromatic heterocycles. The average Bonchev–Trinajstić information content (AvgIpc) is 2.74. The van der Waals surface area contributed by atoms with Crippen LogP contribution in [0.4, 0.5) is 4.79 Å². The highest BCUT2D eigenvalue weighted by Crippen LogP contribution is 2.32. The molecular weight excluding hydrogens is 368 g/mol. The zero-order valence-corrected chi connectivity index (χ0v) is 17.0. The van der Waals surface area contributed by atoms with Gasteiger partial charge in [0.1, 0.15) is 6.61 Å². The van der Waals surface area contributed by atoms with Gasteiger partial charge >= 0.3 is 12.0 Å². The van der Waals surface area contributed by atoms with Gasteiger partial charge in [-0.3, -0.25) is 4.90 Å². The quantitative estimate of drug-likeness (QED) is 0.571. The summed E-state index contributed by atoms with van der Waals surface area (Å²) in [5.74, 6) is -0.449. The lowest BCUT2D eigenvalue weighted by atomic mass is 9.93. The number of nitrogens with one attached hydrogen (secondary N) is 1. The molecule has 2 aromatic carbocycles. The summed E-state index contributed by atoms with van der Waals surface area (Å²) >= 11 is 0. The Hall–Kier alpha value is -3.12. The van der Waals surface area contributed by atoms with Gasteiger partial charge in [0.2, 0.25) is 0 Å². The Morgan fingerprint density at radius 2 is 1.69 bits per heavy atom. The number of rotatable bonds is 7. The number of esters is 1. The molecule has 0 saturated heterocycles. The molecule has 1 aliphatic rings. The molecule has 1 unspecified atom stereocenters. The molecule has 0 aliphatic carbocycles. The number of ether oxygens (including phenoxy) is 2. The van der Waals surface area contributed by atoms with Crippen LogP contribution in [0.1, 0.15) is 25.5 Å². The van der Waals surface area contributed by atoms with Gasteiger partial charge in [-0.15, -0.1) is 0 Å². The normalized spacial score (nSPS) is 16.6. The Balaban J connectivity index is 1.93.